The van der Waals surface area contributed by atoms with Crippen molar-refractivity contribution in [2.24, 2.45) is 4.99 Å². The second-order valence-corrected chi connectivity index (χ2v) is 3.33. The summed E-state index contributed by atoms with van der Waals surface area (Å²) in [6.45, 7) is 1.92. The standard InChI is InChI=1S/C10H13N3O/c1-7-11-10(12-13(7)2)8-5-3-4-6-9(8)14/h3-6,10,12,14H,1-2H3. The van der Waals surface area contributed by atoms with E-state index in [1.165, 1.54) is 0 Å². The highest BCUT2D eigenvalue weighted by Crippen LogP contribution is 2.27. The smallest absolute Gasteiger partial charge is 0.147 e. The molecule has 1 aliphatic heterocycles. The number of nitrogens with zero attached hydrogens (tertiary/aromatic N) is 2. The summed E-state index contributed by atoms with van der Waals surface area (Å²) < 4.78 is 0. The van der Waals surface area contributed by atoms with E-state index >= 15 is 0 Å². The Balaban J connectivity index is 2.30. The number of benzene rings is 1. The van der Waals surface area contributed by atoms with Crippen LogP contribution < -0.4 is 5.43 Å². The maximum atomic E-state index is 9.62. The molecule has 0 saturated carbocycles. The average Bonchev–Trinajstić information content (AvgIpc) is 2.48. The number of aromatic hydroxyl groups is 1. The van der Waals surface area contributed by atoms with Crippen LogP contribution in [-0.4, -0.2) is 23.0 Å². The molecule has 0 amide bonds. The molecule has 4 nitrogen and oxygen atoms in total. The third-order valence-electron chi connectivity index (χ3n) is 2.35. The molecule has 0 radical (unpaired) electrons. The lowest BCUT2D eigenvalue weighted by atomic mass is 10.1. The Labute approximate surface area is 82.9 Å². The van der Waals surface area contributed by atoms with Crippen LogP contribution in [0.25, 0.3) is 0 Å². The third kappa shape index (κ3) is 1.44. The molecule has 0 aromatic heterocycles. The molecular weight excluding hydrogens is 178 g/mol. The van der Waals surface area contributed by atoms with Gasteiger partial charge < -0.3 is 5.11 Å². The largest absolute Gasteiger partial charge is 0.508 e. The molecule has 4 heteroatoms. The van der Waals surface area contributed by atoms with E-state index in [1.54, 1.807) is 12.1 Å². The lowest BCUT2D eigenvalue weighted by Crippen LogP contribution is -2.32. The monoisotopic (exact) mass is 191 g/mol. The molecule has 2 rings (SSSR count). The van der Waals surface area contributed by atoms with E-state index < -0.39 is 0 Å². The van der Waals surface area contributed by atoms with E-state index in [9.17, 15) is 5.11 Å². The summed E-state index contributed by atoms with van der Waals surface area (Å²) in [5, 5.41) is 11.5. The van der Waals surface area contributed by atoms with Gasteiger partial charge in [-0.1, -0.05) is 18.2 Å². The van der Waals surface area contributed by atoms with Crippen molar-refractivity contribution in [3.63, 3.8) is 0 Å². The van der Waals surface area contributed by atoms with Gasteiger partial charge in [-0.3, -0.25) is 5.01 Å². The first-order chi connectivity index (χ1) is 6.68. The van der Waals surface area contributed by atoms with Gasteiger partial charge >= 0.3 is 0 Å². The molecule has 0 spiro atoms. The summed E-state index contributed by atoms with van der Waals surface area (Å²) in [6, 6.07) is 7.22. The quantitative estimate of drug-likeness (QED) is 0.702. The fourth-order valence-electron chi connectivity index (χ4n) is 1.44. The van der Waals surface area contributed by atoms with E-state index in [2.05, 4.69) is 10.4 Å². The van der Waals surface area contributed by atoms with Crippen LogP contribution in [0.3, 0.4) is 0 Å². The Bertz CT molecular complexity index is 375. The molecule has 0 fully saturated rings. The van der Waals surface area contributed by atoms with Gasteiger partial charge in [-0.2, -0.15) is 0 Å². The van der Waals surface area contributed by atoms with E-state index in [0.29, 0.717) is 0 Å². The number of phenols is 1. The van der Waals surface area contributed by atoms with Crippen LogP contribution in [0.2, 0.25) is 0 Å². The van der Waals surface area contributed by atoms with Crippen LogP contribution in [0.1, 0.15) is 18.7 Å². The number of hydrogen-bond donors (Lipinski definition) is 2. The number of hydrogen-bond acceptors (Lipinski definition) is 4. The van der Waals surface area contributed by atoms with Gasteiger partial charge in [0.25, 0.3) is 0 Å². The van der Waals surface area contributed by atoms with Crippen LogP contribution in [0, 0.1) is 0 Å². The van der Waals surface area contributed by atoms with Gasteiger partial charge in [0.1, 0.15) is 17.8 Å². The first kappa shape index (κ1) is 9.02. The van der Waals surface area contributed by atoms with Gasteiger partial charge in [0, 0.05) is 12.6 Å². The van der Waals surface area contributed by atoms with Crippen molar-refractivity contribution in [2.75, 3.05) is 7.05 Å². The lowest BCUT2D eigenvalue weighted by Gasteiger charge is -2.14. The van der Waals surface area contributed by atoms with Crippen LogP contribution in [0.4, 0.5) is 0 Å². The van der Waals surface area contributed by atoms with E-state index in [1.807, 2.05) is 31.1 Å². The molecule has 2 N–H and O–H groups in total. The van der Waals surface area contributed by atoms with Crippen molar-refractivity contribution in [1.29, 1.82) is 0 Å². The van der Waals surface area contributed by atoms with Gasteiger partial charge in [0.15, 0.2) is 0 Å². The van der Waals surface area contributed by atoms with Crippen molar-refractivity contribution in [3.05, 3.63) is 29.8 Å². The summed E-state index contributed by atoms with van der Waals surface area (Å²) in [6.07, 6.45) is -0.166. The predicted octanol–water partition coefficient (Wildman–Crippen LogP) is 1.26. The summed E-state index contributed by atoms with van der Waals surface area (Å²) in [5.41, 5.74) is 3.93. The van der Waals surface area contributed by atoms with Crippen LogP contribution in [-0.2, 0) is 0 Å². The molecule has 0 saturated heterocycles. The fraction of sp³-hybridized carbons (Fsp3) is 0.300. The fourth-order valence-corrected chi connectivity index (χ4v) is 1.44. The zero-order chi connectivity index (χ0) is 10.1. The number of para-hydroxylation sites is 1. The minimum absolute atomic E-state index is 0.166. The van der Waals surface area contributed by atoms with Crippen LogP contribution in [0.15, 0.2) is 29.3 Å². The molecule has 0 aliphatic carbocycles. The van der Waals surface area contributed by atoms with E-state index in [4.69, 9.17) is 0 Å². The normalized spacial score (nSPS) is 21.1. The first-order valence-electron chi connectivity index (χ1n) is 4.50. The first-order valence-corrected chi connectivity index (χ1v) is 4.50. The highest BCUT2D eigenvalue weighted by molar-refractivity contribution is 5.80. The predicted molar refractivity (Wildman–Crippen MR) is 54.9 cm³/mol. The van der Waals surface area contributed by atoms with Gasteiger partial charge in [-0.25, -0.2) is 10.4 Å². The minimum Gasteiger partial charge on any atom is -0.508 e. The Morgan fingerprint density at radius 1 is 1.43 bits per heavy atom. The number of phenolic OH excluding ortho intramolecular Hbond substituents is 1. The van der Waals surface area contributed by atoms with Crippen molar-refractivity contribution in [3.8, 4) is 5.75 Å². The average molecular weight is 191 g/mol. The maximum absolute atomic E-state index is 9.62. The van der Waals surface area contributed by atoms with Gasteiger partial charge in [0.05, 0.1) is 0 Å². The topological polar surface area (TPSA) is 47.9 Å². The Hall–Kier alpha value is -1.55. The van der Waals surface area contributed by atoms with E-state index in [0.717, 1.165) is 11.4 Å². The molecule has 1 atom stereocenters. The summed E-state index contributed by atoms with van der Waals surface area (Å²) >= 11 is 0. The molecule has 1 aromatic carbocycles. The number of hydrazine groups is 1. The van der Waals surface area contributed by atoms with Crippen LogP contribution >= 0.6 is 0 Å². The number of aliphatic imine (C=N–C) groups is 1. The molecular formula is C10H13N3O. The number of rotatable bonds is 1. The van der Waals surface area contributed by atoms with Gasteiger partial charge in [-0.15, -0.1) is 0 Å². The Morgan fingerprint density at radius 2 is 2.14 bits per heavy atom. The highest BCUT2D eigenvalue weighted by atomic mass is 16.3. The third-order valence-corrected chi connectivity index (χ3v) is 2.35. The summed E-state index contributed by atoms with van der Waals surface area (Å²) in [7, 11) is 1.90. The minimum atomic E-state index is -0.166. The van der Waals surface area contributed by atoms with Crippen LogP contribution in [0.5, 0.6) is 5.75 Å². The molecule has 1 aliphatic rings. The summed E-state index contributed by atoms with van der Waals surface area (Å²) in [4.78, 5) is 4.37. The van der Waals surface area contributed by atoms with E-state index in [-0.39, 0.29) is 11.9 Å². The van der Waals surface area contributed by atoms with Crippen molar-refractivity contribution in [2.45, 2.75) is 13.1 Å². The van der Waals surface area contributed by atoms with Gasteiger partial charge in [-0.05, 0) is 13.0 Å². The molecule has 0 bridgehead atoms. The number of amidine groups is 1. The highest BCUT2D eigenvalue weighted by Gasteiger charge is 2.21. The molecule has 74 valence electrons. The maximum Gasteiger partial charge on any atom is 0.147 e. The lowest BCUT2D eigenvalue weighted by molar-refractivity contribution is 0.345. The van der Waals surface area contributed by atoms with Crippen molar-refractivity contribution < 1.29 is 5.11 Å². The second-order valence-electron chi connectivity index (χ2n) is 3.33. The second kappa shape index (κ2) is 3.31. The summed E-state index contributed by atoms with van der Waals surface area (Å²) in [5.74, 6) is 1.19. The molecule has 1 unspecified atom stereocenters. The zero-order valence-corrected chi connectivity index (χ0v) is 8.23. The Kier molecular flexibility index (Phi) is 2.13. The van der Waals surface area contributed by atoms with Crippen molar-refractivity contribution in [1.82, 2.24) is 10.4 Å². The SMILES string of the molecule is CC1=NC(c2ccccc2O)NN1C. The van der Waals surface area contributed by atoms with Crippen molar-refractivity contribution >= 4 is 5.84 Å². The zero-order valence-electron chi connectivity index (χ0n) is 8.23. The molecule has 1 aromatic rings. The Morgan fingerprint density at radius 3 is 2.71 bits per heavy atom. The van der Waals surface area contributed by atoms with Gasteiger partial charge in [0.2, 0.25) is 0 Å². The molecule has 14 heavy (non-hydrogen) atoms. The molecule has 1 heterocycles. The number of nitrogens with one attached hydrogen (secondary N) is 1.